The van der Waals surface area contributed by atoms with Crippen LogP contribution in [0, 0.1) is 13.8 Å². The molecule has 0 aliphatic carbocycles. The van der Waals surface area contributed by atoms with Crippen LogP contribution in [0.5, 0.6) is 5.75 Å². The Labute approximate surface area is 165 Å². The fourth-order valence-corrected chi connectivity index (χ4v) is 3.27. The summed E-state index contributed by atoms with van der Waals surface area (Å²) in [5, 5.41) is 10.1. The first-order valence-electron chi connectivity index (χ1n) is 8.66. The molecule has 0 saturated carbocycles. The Balaban J connectivity index is 2.44. The zero-order valence-electron chi connectivity index (χ0n) is 15.7. The highest BCUT2D eigenvalue weighted by molar-refractivity contribution is 5.98. The third-order valence-electron chi connectivity index (χ3n) is 4.78. The molecule has 3 aromatic rings. The number of phenolic OH excluding ortho intramolecular Hbond substituents is 1. The van der Waals surface area contributed by atoms with Crippen LogP contribution in [-0.4, -0.2) is 15.6 Å². The number of hydrogen-bond acceptors (Lipinski definition) is 4. The number of alkyl halides is 2. The Morgan fingerprint density at radius 3 is 2.45 bits per heavy atom. The molecule has 0 fully saturated rings. The van der Waals surface area contributed by atoms with Gasteiger partial charge in [0.15, 0.2) is 0 Å². The van der Waals surface area contributed by atoms with Gasteiger partial charge in [0.25, 0.3) is 17.9 Å². The van der Waals surface area contributed by atoms with Gasteiger partial charge in [0.1, 0.15) is 11.6 Å². The van der Waals surface area contributed by atoms with Crippen LogP contribution < -0.4 is 17.0 Å². The number of rotatable bonds is 4. The molecule has 6 nitrogen and oxygen atoms in total. The highest BCUT2D eigenvalue weighted by atomic mass is 19.3. The Kier molecular flexibility index (Phi) is 5.11. The number of nitrogens with zero attached hydrogens (tertiary/aromatic N) is 1. The van der Waals surface area contributed by atoms with E-state index < -0.39 is 17.9 Å². The van der Waals surface area contributed by atoms with Crippen molar-refractivity contribution < 1.29 is 18.7 Å². The summed E-state index contributed by atoms with van der Waals surface area (Å²) in [7, 11) is 0. The number of phenols is 1. The second kappa shape index (κ2) is 7.38. The summed E-state index contributed by atoms with van der Waals surface area (Å²) < 4.78 is 27.3. The van der Waals surface area contributed by atoms with Crippen molar-refractivity contribution in [1.82, 2.24) is 4.57 Å². The van der Waals surface area contributed by atoms with Crippen LogP contribution in [0.2, 0.25) is 0 Å². The molecule has 8 heteroatoms. The predicted molar refractivity (Wildman–Crippen MR) is 107 cm³/mol. The van der Waals surface area contributed by atoms with E-state index in [1.54, 1.807) is 19.9 Å². The van der Waals surface area contributed by atoms with E-state index in [1.807, 2.05) is 0 Å². The number of nitrogens with two attached hydrogens (primary N) is 2. The minimum Gasteiger partial charge on any atom is -0.508 e. The average molecular weight is 399 g/mol. The zero-order chi connectivity index (χ0) is 21.5. The van der Waals surface area contributed by atoms with Gasteiger partial charge in [-0.3, -0.25) is 14.2 Å². The molecule has 1 amide bonds. The number of carbonyl (C=O) groups is 1. The standard InChI is InChI=1S/C21H19F2N3O3/c1-10-6-7-16(27)11(2)17(10)26-19(24)15(20(25)28)9-14(21(26)29)12-4-3-5-13(8-12)18(22)23/h3-9,18,27H,24H2,1-2H3,(H2,25,28). The van der Waals surface area contributed by atoms with E-state index >= 15 is 0 Å². The third-order valence-corrected chi connectivity index (χ3v) is 4.78. The lowest BCUT2D eigenvalue weighted by atomic mass is 10.0. The predicted octanol–water partition coefficient (Wildman–Crippen LogP) is 3.45. The van der Waals surface area contributed by atoms with Crippen molar-refractivity contribution in [1.29, 1.82) is 0 Å². The van der Waals surface area contributed by atoms with E-state index in [0.29, 0.717) is 16.8 Å². The molecule has 150 valence electrons. The number of aromatic hydroxyl groups is 1. The number of aromatic nitrogens is 1. The van der Waals surface area contributed by atoms with E-state index in [1.165, 1.54) is 36.4 Å². The topological polar surface area (TPSA) is 111 Å². The first-order valence-corrected chi connectivity index (χ1v) is 8.66. The lowest BCUT2D eigenvalue weighted by molar-refractivity contribution is 0.100. The molecule has 0 bridgehead atoms. The number of anilines is 1. The van der Waals surface area contributed by atoms with Gasteiger partial charge < -0.3 is 16.6 Å². The first-order chi connectivity index (χ1) is 13.6. The molecular weight excluding hydrogens is 380 g/mol. The second-order valence-electron chi connectivity index (χ2n) is 6.66. The van der Waals surface area contributed by atoms with Gasteiger partial charge in [-0.05, 0) is 43.2 Å². The number of halogens is 2. The van der Waals surface area contributed by atoms with Gasteiger partial charge in [-0.15, -0.1) is 0 Å². The average Bonchev–Trinajstić information content (AvgIpc) is 2.67. The van der Waals surface area contributed by atoms with Crippen molar-refractivity contribution in [2.45, 2.75) is 20.3 Å². The van der Waals surface area contributed by atoms with E-state index in [2.05, 4.69) is 0 Å². The number of pyridine rings is 1. The summed E-state index contributed by atoms with van der Waals surface area (Å²) in [6.07, 6.45) is -2.72. The van der Waals surface area contributed by atoms with Gasteiger partial charge in [-0.2, -0.15) is 0 Å². The summed E-state index contributed by atoms with van der Waals surface area (Å²) in [6, 6.07) is 9.56. The van der Waals surface area contributed by atoms with Crippen LogP contribution >= 0.6 is 0 Å². The van der Waals surface area contributed by atoms with E-state index in [4.69, 9.17) is 11.5 Å². The molecule has 0 saturated heterocycles. The summed E-state index contributed by atoms with van der Waals surface area (Å²) in [5.41, 5.74) is 12.0. The number of primary amides is 1. The van der Waals surface area contributed by atoms with Gasteiger partial charge >= 0.3 is 0 Å². The monoisotopic (exact) mass is 399 g/mol. The lowest BCUT2D eigenvalue weighted by Gasteiger charge is -2.19. The van der Waals surface area contributed by atoms with E-state index in [-0.39, 0.29) is 33.8 Å². The molecule has 1 aromatic heterocycles. The molecule has 0 spiro atoms. The maximum atomic E-state index is 13.3. The maximum absolute atomic E-state index is 13.3. The van der Waals surface area contributed by atoms with Crippen molar-refractivity contribution in [3.63, 3.8) is 0 Å². The van der Waals surface area contributed by atoms with Gasteiger partial charge in [0, 0.05) is 16.7 Å². The van der Waals surface area contributed by atoms with E-state index in [9.17, 15) is 23.5 Å². The number of nitrogen functional groups attached to an aromatic ring is 1. The third kappa shape index (κ3) is 3.44. The molecule has 1 heterocycles. The summed E-state index contributed by atoms with van der Waals surface area (Å²) in [6.45, 7) is 3.30. The van der Waals surface area contributed by atoms with Crippen molar-refractivity contribution in [2.24, 2.45) is 5.73 Å². The molecule has 29 heavy (non-hydrogen) atoms. The Hall–Kier alpha value is -3.68. The number of amides is 1. The van der Waals surface area contributed by atoms with Gasteiger partial charge in [-0.1, -0.05) is 24.3 Å². The number of aryl methyl sites for hydroxylation is 1. The smallest absolute Gasteiger partial charge is 0.264 e. The van der Waals surface area contributed by atoms with Gasteiger partial charge in [0.05, 0.1) is 11.3 Å². The fraction of sp³-hybridized carbons (Fsp3) is 0.143. The molecule has 0 aliphatic heterocycles. The highest BCUT2D eigenvalue weighted by Crippen LogP contribution is 2.31. The lowest BCUT2D eigenvalue weighted by Crippen LogP contribution is -2.28. The molecule has 5 N–H and O–H groups in total. The number of hydrogen-bond donors (Lipinski definition) is 3. The maximum Gasteiger partial charge on any atom is 0.264 e. The molecule has 0 unspecified atom stereocenters. The van der Waals surface area contributed by atoms with Crippen LogP contribution in [0.4, 0.5) is 14.6 Å². The zero-order valence-corrected chi connectivity index (χ0v) is 15.7. The SMILES string of the molecule is Cc1ccc(O)c(C)c1-n1c(N)c(C(N)=O)cc(-c2cccc(C(F)F)c2)c1=O. The quantitative estimate of drug-likeness (QED) is 0.624. The largest absolute Gasteiger partial charge is 0.508 e. The highest BCUT2D eigenvalue weighted by Gasteiger charge is 2.22. The van der Waals surface area contributed by atoms with Crippen LogP contribution in [0.15, 0.2) is 47.3 Å². The van der Waals surface area contributed by atoms with Crippen molar-refractivity contribution in [3.8, 4) is 22.6 Å². The molecular formula is C21H19F2N3O3. The van der Waals surface area contributed by atoms with Crippen LogP contribution in [0.1, 0.15) is 33.5 Å². The Morgan fingerprint density at radius 1 is 1.14 bits per heavy atom. The van der Waals surface area contributed by atoms with Crippen molar-refractivity contribution in [3.05, 3.63) is 75.1 Å². The molecule has 0 aliphatic rings. The number of benzene rings is 2. The fourth-order valence-electron chi connectivity index (χ4n) is 3.27. The normalized spacial score (nSPS) is 11.1. The second-order valence-corrected chi connectivity index (χ2v) is 6.66. The molecule has 2 aromatic carbocycles. The summed E-state index contributed by atoms with van der Waals surface area (Å²) >= 11 is 0. The van der Waals surface area contributed by atoms with Crippen LogP contribution in [0.3, 0.4) is 0 Å². The number of carbonyl (C=O) groups excluding carboxylic acids is 1. The Morgan fingerprint density at radius 2 is 1.83 bits per heavy atom. The minimum absolute atomic E-state index is 0.0161. The summed E-state index contributed by atoms with van der Waals surface area (Å²) in [4.78, 5) is 25.3. The molecule has 3 rings (SSSR count). The van der Waals surface area contributed by atoms with E-state index in [0.717, 1.165) is 4.57 Å². The molecule has 0 radical (unpaired) electrons. The summed E-state index contributed by atoms with van der Waals surface area (Å²) in [5.74, 6) is -1.14. The first kappa shape index (κ1) is 20.1. The minimum atomic E-state index is -2.72. The molecule has 0 atom stereocenters. The Bertz CT molecular complexity index is 1190. The van der Waals surface area contributed by atoms with Gasteiger partial charge in [-0.25, -0.2) is 8.78 Å². The van der Waals surface area contributed by atoms with Crippen molar-refractivity contribution in [2.75, 3.05) is 5.73 Å². The van der Waals surface area contributed by atoms with Crippen LogP contribution in [0.25, 0.3) is 16.8 Å². The van der Waals surface area contributed by atoms with Crippen molar-refractivity contribution >= 4 is 11.7 Å². The van der Waals surface area contributed by atoms with Crippen LogP contribution in [-0.2, 0) is 0 Å². The van der Waals surface area contributed by atoms with Gasteiger partial charge in [0.2, 0.25) is 0 Å².